The number of halogens is 2. The van der Waals surface area contributed by atoms with Crippen LogP contribution in [-0.2, 0) is 11.3 Å². The van der Waals surface area contributed by atoms with Crippen molar-refractivity contribution in [3.8, 4) is 0 Å². The molecule has 1 aromatic rings. The van der Waals surface area contributed by atoms with Crippen molar-refractivity contribution in [2.45, 2.75) is 45.7 Å². The van der Waals surface area contributed by atoms with Crippen molar-refractivity contribution in [2.75, 3.05) is 19.6 Å². The summed E-state index contributed by atoms with van der Waals surface area (Å²) >= 11 is 0. The Morgan fingerprint density at radius 2 is 2.22 bits per heavy atom. The maximum atomic E-state index is 12.2. The molecule has 0 aromatic carbocycles. The minimum absolute atomic E-state index is 0.0235. The zero-order valence-electron chi connectivity index (χ0n) is 13.6. The van der Waals surface area contributed by atoms with Crippen molar-refractivity contribution < 1.29 is 13.6 Å². The fourth-order valence-electron chi connectivity index (χ4n) is 3.48. The lowest BCUT2D eigenvalue weighted by atomic mass is 9.74. The van der Waals surface area contributed by atoms with Crippen molar-refractivity contribution in [1.82, 2.24) is 19.8 Å². The number of carbonyl (C=O) groups excluding carboxylic acids is 1. The van der Waals surface area contributed by atoms with Gasteiger partial charge in [-0.1, -0.05) is 13.8 Å². The molecule has 1 N–H and O–H groups in total. The number of amides is 1. The summed E-state index contributed by atoms with van der Waals surface area (Å²) in [7, 11) is 0. The first kappa shape index (κ1) is 16.4. The van der Waals surface area contributed by atoms with Gasteiger partial charge in [0.05, 0.1) is 19.1 Å². The number of carbonyl (C=O) groups is 1. The fourth-order valence-corrected chi connectivity index (χ4v) is 3.48. The van der Waals surface area contributed by atoms with Gasteiger partial charge in [-0.05, 0) is 18.8 Å². The van der Waals surface area contributed by atoms with E-state index in [0.29, 0.717) is 0 Å². The molecule has 0 radical (unpaired) electrons. The second kappa shape index (κ2) is 6.19. The number of nitrogens with one attached hydrogen (secondary N) is 1. The molecule has 23 heavy (non-hydrogen) atoms. The number of likely N-dealkylation sites (tertiary alicyclic amines) is 1. The minimum atomic E-state index is -2.51. The monoisotopic (exact) mass is 326 g/mol. The molecule has 1 atom stereocenters. The highest BCUT2D eigenvalue weighted by molar-refractivity contribution is 5.78. The van der Waals surface area contributed by atoms with Crippen LogP contribution in [0.5, 0.6) is 0 Å². The molecule has 1 aliphatic heterocycles. The quantitative estimate of drug-likeness (QED) is 0.834. The van der Waals surface area contributed by atoms with E-state index in [9.17, 15) is 13.6 Å². The molecule has 0 bridgehead atoms. The molecule has 1 unspecified atom stereocenters. The van der Waals surface area contributed by atoms with Gasteiger partial charge < -0.3 is 9.88 Å². The van der Waals surface area contributed by atoms with Crippen LogP contribution in [0, 0.1) is 11.3 Å². The van der Waals surface area contributed by atoms with E-state index >= 15 is 0 Å². The van der Waals surface area contributed by atoms with Crippen LogP contribution in [0.3, 0.4) is 0 Å². The Morgan fingerprint density at radius 1 is 1.48 bits per heavy atom. The van der Waals surface area contributed by atoms with Crippen molar-refractivity contribution in [3.05, 3.63) is 18.2 Å². The van der Waals surface area contributed by atoms with Crippen LogP contribution >= 0.6 is 0 Å². The van der Waals surface area contributed by atoms with E-state index in [1.807, 2.05) is 11.1 Å². The summed E-state index contributed by atoms with van der Waals surface area (Å²) < 4.78 is 26.6. The Hall–Kier alpha value is -1.50. The largest absolute Gasteiger partial charge is 0.349 e. The van der Waals surface area contributed by atoms with Crippen molar-refractivity contribution in [1.29, 1.82) is 0 Å². The minimum Gasteiger partial charge on any atom is -0.349 e. The predicted octanol–water partition coefficient (Wildman–Crippen LogP) is 2.06. The average molecular weight is 326 g/mol. The van der Waals surface area contributed by atoms with Crippen molar-refractivity contribution in [3.63, 3.8) is 0 Å². The van der Waals surface area contributed by atoms with Gasteiger partial charge in [0.15, 0.2) is 0 Å². The summed E-state index contributed by atoms with van der Waals surface area (Å²) in [4.78, 5) is 18.4. The van der Waals surface area contributed by atoms with Gasteiger partial charge in [-0.2, -0.15) is 0 Å². The predicted molar refractivity (Wildman–Crippen MR) is 82.1 cm³/mol. The van der Waals surface area contributed by atoms with Gasteiger partial charge in [-0.3, -0.25) is 9.69 Å². The van der Waals surface area contributed by atoms with Crippen LogP contribution in [0.2, 0.25) is 0 Å². The number of rotatable bonds is 7. The summed E-state index contributed by atoms with van der Waals surface area (Å²) in [5.41, 5.74) is 0.0235. The summed E-state index contributed by atoms with van der Waals surface area (Å²) in [6.45, 7) is 5.60. The zero-order valence-corrected chi connectivity index (χ0v) is 13.6. The van der Waals surface area contributed by atoms with Gasteiger partial charge >= 0.3 is 0 Å². The lowest BCUT2D eigenvalue weighted by Gasteiger charge is -2.53. The molecular formula is C16H24F2N4O. The Kier molecular flexibility index (Phi) is 4.40. The lowest BCUT2D eigenvalue weighted by Crippen LogP contribution is -2.58. The van der Waals surface area contributed by atoms with E-state index < -0.39 is 13.0 Å². The number of alkyl halides is 2. The molecule has 7 heteroatoms. The number of hydrogen-bond acceptors (Lipinski definition) is 3. The SMILES string of the molecule is CC1(C)CN(CC(=O)NCC(F)F)C1c1nccn1CC1CC1. The third-order valence-electron chi connectivity index (χ3n) is 4.66. The summed E-state index contributed by atoms with van der Waals surface area (Å²) in [5.74, 6) is 1.37. The second-order valence-electron chi connectivity index (χ2n) is 7.37. The topological polar surface area (TPSA) is 50.2 Å². The maximum absolute atomic E-state index is 12.2. The van der Waals surface area contributed by atoms with E-state index in [1.54, 1.807) is 6.20 Å². The van der Waals surface area contributed by atoms with E-state index in [-0.39, 0.29) is 23.9 Å². The number of nitrogens with zero attached hydrogens (tertiary/aromatic N) is 3. The second-order valence-corrected chi connectivity index (χ2v) is 7.37. The van der Waals surface area contributed by atoms with Gasteiger partial charge in [0.25, 0.3) is 6.43 Å². The first-order valence-corrected chi connectivity index (χ1v) is 8.17. The van der Waals surface area contributed by atoms with Crippen molar-refractivity contribution in [2.24, 2.45) is 11.3 Å². The van der Waals surface area contributed by atoms with Gasteiger partial charge in [0, 0.05) is 30.9 Å². The van der Waals surface area contributed by atoms with Crippen LogP contribution in [0.25, 0.3) is 0 Å². The molecular weight excluding hydrogens is 302 g/mol. The molecule has 2 fully saturated rings. The van der Waals surface area contributed by atoms with E-state index in [0.717, 1.165) is 24.8 Å². The first-order valence-electron chi connectivity index (χ1n) is 8.17. The summed E-state index contributed by atoms with van der Waals surface area (Å²) in [5, 5.41) is 2.27. The van der Waals surface area contributed by atoms with Gasteiger partial charge in [-0.25, -0.2) is 13.8 Å². The van der Waals surface area contributed by atoms with Crippen LogP contribution in [0.15, 0.2) is 12.4 Å². The molecule has 1 saturated heterocycles. The highest BCUT2D eigenvalue weighted by atomic mass is 19.3. The van der Waals surface area contributed by atoms with E-state index in [1.165, 1.54) is 12.8 Å². The molecule has 128 valence electrons. The summed E-state index contributed by atoms with van der Waals surface area (Å²) in [6.07, 6.45) is 3.83. The Morgan fingerprint density at radius 3 is 2.83 bits per heavy atom. The van der Waals surface area contributed by atoms with Crippen LogP contribution in [0.4, 0.5) is 8.78 Å². The fraction of sp³-hybridized carbons (Fsp3) is 0.750. The molecule has 3 rings (SSSR count). The molecule has 5 nitrogen and oxygen atoms in total. The molecule has 1 saturated carbocycles. The third-order valence-corrected chi connectivity index (χ3v) is 4.66. The number of imidazole rings is 1. The van der Waals surface area contributed by atoms with Crippen LogP contribution in [-0.4, -0.2) is 46.4 Å². The average Bonchev–Trinajstić information content (AvgIpc) is 3.16. The van der Waals surface area contributed by atoms with E-state index in [2.05, 4.69) is 28.7 Å². The molecule has 1 aliphatic carbocycles. The highest BCUT2D eigenvalue weighted by Crippen LogP contribution is 2.47. The smallest absolute Gasteiger partial charge is 0.255 e. The first-order chi connectivity index (χ1) is 10.9. The summed E-state index contributed by atoms with van der Waals surface area (Å²) in [6, 6.07) is 0.0496. The molecule has 1 amide bonds. The number of aromatic nitrogens is 2. The molecule has 2 heterocycles. The Balaban J connectivity index is 1.66. The number of hydrogen-bond donors (Lipinski definition) is 1. The zero-order chi connectivity index (χ0) is 16.6. The Labute approximate surface area is 135 Å². The van der Waals surface area contributed by atoms with Gasteiger partial charge in [0.1, 0.15) is 5.82 Å². The normalized spacial score (nSPS) is 23.8. The van der Waals surface area contributed by atoms with Crippen LogP contribution in [0.1, 0.15) is 38.6 Å². The van der Waals surface area contributed by atoms with E-state index in [4.69, 9.17) is 0 Å². The van der Waals surface area contributed by atoms with Gasteiger partial charge in [0.2, 0.25) is 5.91 Å². The lowest BCUT2D eigenvalue weighted by molar-refractivity contribution is -0.130. The van der Waals surface area contributed by atoms with Gasteiger partial charge in [-0.15, -0.1) is 0 Å². The standard InChI is InChI=1S/C16H24F2N4O/c1-16(2)10-22(9-13(23)20-7-12(17)18)14(16)15-19-5-6-21(15)8-11-3-4-11/h5-6,11-12,14H,3-4,7-10H2,1-2H3,(H,20,23). The maximum Gasteiger partial charge on any atom is 0.255 e. The highest BCUT2D eigenvalue weighted by Gasteiger charge is 2.49. The third kappa shape index (κ3) is 3.71. The molecule has 1 aromatic heterocycles. The molecule has 0 spiro atoms. The van der Waals surface area contributed by atoms with Crippen molar-refractivity contribution >= 4 is 5.91 Å². The Bertz CT molecular complexity index is 568. The van der Waals surface area contributed by atoms with Crippen LogP contribution < -0.4 is 5.32 Å². The molecule has 2 aliphatic rings.